The Morgan fingerprint density at radius 1 is 0.882 bits per heavy atom. The predicted octanol–water partition coefficient (Wildman–Crippen LogP) is 6.88. The normalized spacial score (nSPS) is 11.3. The molecule has 2 aromatic heterocycles. The van der Waals surface area contributed by atoms with Gasteiger partial charge in [0.1, 0.15) is 27.7 Å². The first kappa shape index (κ1) is 21.5. The Morgan fingerprint density at radius 2 is 1.53 bits per heavy atom. The molecule has 0 saturated heterocycles. The minimum absolute atomic E-state index is 0.346. The van der Waals surface area contributed by atoms with Crippen LogP contribution in [-0.2, 0) is 4.79 Å². The number of rotatable bonds is 6. The molecular weight excluding hydrogens is 464 g/mol. The van der Waals surface area contributed by atoms with Crippen LogP contribution in [0.15, 0.2) is 90.5 Å². The summed E-state index contributed by atoms with van der Waals surface area (Å²) in [7, 11) is 0. The molecule has 3 aromatic carbocycles. The van der Waals surface area contributed by atoms with Gasteiger partial charge in [-0.25, -0.2) is 4.79 Å². The third-order valence-corrected chi connectivity index (χ3v) is 6.84. The van der Waals surface area contributed by atoms with Gasteiger partial charge < -0.3 is 10.0 Å². The van der Waals surface area contributed by atoms with Crippen molar-refractivity contribution in [2.45, 2.75) is 0 Å². The lowest BCUT2D eigenvalue weighted by Gasteiger charge is -2.23. The first-order valence-electron chi connectivity index (χ1n) is 10.3. The van der Waals surface area contributed by atoms with Crippen molar-refractivity contribution in [1.82, 2.24) is 8.75 Å². The summed E-state index contributed by atoms with van der Waals surface area (Å²) in [6, 6.07) is 29.9. The van der Waals surface area contributed by atoms with E-state index in [1.54, 1.807) is 23.5 Å². The summed E-state index contributed by atoms with van der Waals surface area (Å²) in [6.07, 6.45) is 1.34. The first-order chi connectivity index (χ1) is 16.7. The van der Waals surface area contributed by atoms with Gasteiger partial charge in [0.05, 0.1) is 11.7 Å². The van der Waals surface area contributed by atoms with E-state index >= 15 is 0 Å². The maximum absolute atomic E-state index is 11.3. The molecule has 0 bridgehead atoms. The number of para-hydroxylation sites is 2. The molecule has 0 aliphatic heterocycles. The van der Waals surface area contributed by atoms with Crippen LogP contribution in [0.2, 0.25) is 0 Å². The minimum Gasteiger partial charge on any atom is -0.477 e. The molecular formula is C26H16N4O2S2. The number of carbonyl (C=O) groups is 1. The number of hydrogen-bond acceptors (Lipinski definition) is 7. The molecule has 0 aliphatic rings. The highest BCUT2D eigenvalue weighted by atomic mass is 32.1. The van der Waals surface area contributed by atoms with Crippen molar-refractivity contribution in [3.63, 3.8) is 0 Å². The fourth-order valence-electron chi connectivity index (χ4n) is 3.65. The van der Waals surface area contributed by atoms with Crippen molar-refractivity contribution < 1.29 is 9.90 Å². The first-order valence-corrected chi connectivity index (χ1v) is 11.8. The van der Waals surface area contributed by atoms with Crippen molar-refractivity contribution in [3.05, 3.63) is 96.1 Å². The SMILES string of the molecule is N#C/C(=C\c1ccc(-c2ccc(N(c3ccccc3)c3ccccc3)s2)c2nsnc12)C(=O)O. The lowest BCUT2D eigenvalue weighted by Crippen LogP contribution is -2.07. The van der Waals surface area contributed by atoms with E-state index in [1.165, 1.54) is 6.08 Å². The second-order valence-electron chi connectivity index (χ2n) is 7.28. The number of nitriles is 1. The molecule has 0 saturated carbocycles. The van der Waals surface area contributed by atoms with Crippen molar-refractivity contribution in [2.24, 2.45) is 0 Å². The summed E-state index contributed by atoms with van der Waals surface area (Å²) >= 11 is 2.69. The van der Waals surface area contributed by atoms with Crippen molar-refractivity contribution >= 4 is 62.5 Å². The molecule has 8 heteroatoms. The number of benzene rings is 3. The Bertz CT molecular complexity index is 1510. The summed E-state index contributed by atoms with van der Waals surface area (Å²) < 4.78 is 8.83. The second kappa shape index (κ2) is 9.27. The highest BCUT2D eigenvalue weighted by molar-refractivity contribution is 7.19. The van der Waals surface area contributed by atoms with Crippen LogP contribution in [0.25, 0.3) is 27.6 Å². The lowest BCUT2D eigenvalue weighted by atomic mass is 10.0. The van der Waals surface area contributed by atoms with Gasteiger partial charge in [0.2, 0.25) is 0 Å². The standard InChI is InChI=1S/C26H16N4O2S2/c27-16-18(26(31)32)15-17-11-12-21(25-24(17)28-34-29-25)22-13-14-23(33-22)30(19-7-3-1-4-8-19)20-9-5-2-6-10-20/h1-15H,(H,31,32)/b18-15+. The van der Waals surface area contributed by atoms with E-state index in [9.17, 15) is 9.90 Å². The number of fused-ring (bicyclic) bond motifs is 1. The fraction of sp³-hybridized carbons (Fsp3) is 0. The number of thiophene rings is 1. The molecule has 5 aromatic rings. The summed E-state index contributed by atoms with van der Waals surface area (Å²) in [5.74, 6) is -1.27. The van der Waals surface area contributed by atoms with Gasteiger partial charge in [-0.05, 0) is 42.5 Å². The monoisotopic (exact) mass is 480 g/mol. The van der Waals surface area contributed by atoms with E-state index in [2.05, 4.69) is 50.0 Å². The van der Waals surface area contributed by atoms with Gasteiger partial charge >= 0.3 is 5.97 Å². The smallest absolute Gasteiger partial charge is 0.346 e. The number of nitrogens with zero attached hydrogens (tertiary/aromatic N) is 4. The summed E-state index contributed by atoms with van der Waals surface area (Å²) in [5.41, 5.74) is 4.49. The zero-order chi connectivity index (χ0) is 23.5. The Morgan fingerprint density at radius 3 is 2.15 bits per heavy atom. The van der Waals surface area contributed by atoms with E-state index in [0.717, 1.165) is 38.5 Å². The largest absolute Gasteiger partial charge is 0.477 e. The number of carboxylic acids is 1. The summed E-state index contributed by atoms with van der Waals surface area (Å²) in [6.45, 7) is 0. The number of anilines is 3. The molecule has 0 amide bonds. The molecule has 0 atom stereocenters. The average molecular weight is 481 g/mol. The van der Waals surface area contributed by atoms with Gasteiger partial charge in [-0.15, -0.1) is 11.3 Å². The van der Waals surface area contributed by atoms with Crippen LogP contribution in [0.4, 0.5) is 16.4 Å². The molecule has 0 unspecified atom stereocenters. The zero-order valence-corrected chi connectivity index (χ0v) is 19.3. The molecule has 6 nitrogen and oxygen atoms in total. The average Bonchev–Trinajstić information content (AvgIpc) is 3.55. The molecule has 0 radical (unpaired) electrons. The van der Waals surface area contributed by atoms with Crippen LogP contribution >= 0.6 is 23.1 Å². The van der Waals surface area contributed by atoms with E-state index in [-0.39, 0.29) is 5.57 Å². The molecule has 164 valence electrons. The fourth-order valence-corrected chi connectivity index (χ4v) is 5.30. The summed E-state index contributed by atoms with van der Waals surface area (Å²) in [5, 5.41) is 19.4. The number of aromatic nitrogens is 2. The maximum atomic E-state index is 11.3. The van der Waals surface area contributed by atoms with Gasteiger partial charge in [-0.3, -0.25) is 0 Å². The Hall–Kier alpha value is -4.32. The van der Waals surface area contributed by atoms with Crippen LogP contribution in [0.5, 0.6) is 0 Å². The third-order valence-electron chi connectivity index (χ3n) is 5.20. The Kier molecular flexibility index (Phi) is 5.87. The Balaban J connectivity index is 1.59. The second-order valence-corrected chi connectivity index (χ2v) is 8.87. The molecule has 34 heavy (non-hydrogen) atoms. The summed E-state index contributed by atoms with van der Waals surface area (Å²) in [4.78, 5) is 14.5. The van der Waals surface area contributed by atoms with Gasteiger partial charge in [-0.1, -0.05) is 48.5 Å². The van der Waals surface area contributed by atoms with Gasteiger partial charge in [-0.2, -0.15) is 14.0 Å². The van der Waals surface area contributed by atoms with Crippen molar-refractivity contribution in [1.29, 1.82) is 5.26 Å². The molecule has 0 spiro atoms. The van der Waals surface area contributed by atoms with E-state index < -0.39 is 5.97 Å². The number of hydrogen-bond donors (Lipinski definition) is 1. The molecule has 1 N–H and O–H groups in total. The van der Waals surface area contributed by atoms with Crippen LogP contribution in [0, 0.1) is 11.3 Å². The zero-order valence-electron chi connectivity index (χ0n) is 17.6. The molecule has 0 aliphatic carbocycles. The van der Waals surface area contributed by atoms with Gasteiger partial charge in [0, 0.05) is 27.4 Å². The van der Waals surface area contributed by atoms with Gasteiger partial charge in [0.15, 0.2) is 0 Å². The van der Waals surface area contributed by atoms with E-state index in [0.29, 0.717) is 16.6 Å². The van der Waals surface area contributed by atoms with Gasteiger partial charge in [0.25, 0.3) is 0 Å². The Labute approximate surface area is 203 Å². The lowest BCUT2D eigenvalue weighted by molar-refractivity contribution is -0.132. The molecule has 0 fully saturated rings. The van der Waals surface area contributed by atoms with E-state index in [1.807, 2.05) is 42.5 Å². The molecule has 2 heterocycles. The van der Waals surface area contributed by atoms with Crippen LogP contribution < -0.4 is 4.90 Å². The third kappa shape index (κ3) is 4.06. The molecule has 5 rings (SSSR count). The predicted molar refractivity (Wildman–Crippen MR) is 137 cm³/mol. The van der Waals surface area contributed by atoms with Crippen LogP contribution in [-0.4, -0.2) is 19.8 Å². The highest BCUT2D eigenvalue weighted by Gasteiger charge is 2.18. The topological polar surface area (TPSA) is 90.1 Å². The van der Waals surface area contributed by atoms with Crippen LogP contribution in [0.3, 0.4) is 0 Å². The van der Waals surface area contributed by atoms with Crippen LogP contribution in [0.1, 0.15) is 5.56 Å². The quantitative estimate of drug-likeness (QED) is 0.210. The van der Waals surface area contributed by atoms with E-state index in [4.69, 9.17) is 5.26 Å². The highest BCUT2D eigenvalue weighted by Crippen LogP contribution is 2.43. The maximum Gasteiger partial charge on any atom is 0.346 e. The van der Waals surface area contributed by atoms with Crippen molar-refractivity contribution in [2.75, 3.05) is 4.90 Å². The minimum atomic E-state index is -1.27. The number of aliphatic carboxylic acids is 1. The number of carboxylic acid groups (broad SMARTS) is 1. The van der Waals surface area contributed by atoms with Crippen molar-refractivity contribution in [3.8, 4) is 16.5 Å².